The van der Waals surface area contributed by atoms with Crippen molar-refractivity contribution in [2.45, 2.75) is 61.9 Å². The van der Waals surface area contributed by atoms with Crippen LogP contribution in [0.3, 0.4) is 0 Å². The predicted octanol–water partition coefficient (Wildman–Crippen LogP) is 3.76. The second-order valence-electron chi connectivity index (χ2n) is 8.86. The molecule has 1 saturated heterocycles. The molecule has 2 amide bonds. The highest BCUT2D eigenvalue weighted by Gasteiger charge is 2.25. The summed E-state index contributed by atoms with van der Waals surface area (Å²) in [6, 6.07) is 9.88. The minimum absolute atomic E-state index is 0.0689. The van der Waals surface area contributed by atoms with Gasteiger partial charge in [0, 0.05) is 49.5 Å². The fraction of sp³-hybridized carbons (Fsp3) is 0.520. The van der Waals surface area contributed by atoms with E-state index in [1.54, 1.807) is 12.4 Å². The van der Waals surface area contributed by atoms with E-state index in [0.717, 1.165) is 49.6 Å². The third kappa shape index (κ3) is 6.25. The van der Waals surface area contributed by atoms with Gasteiger partial charge in [-0.2, -0.15) is 0 Å². The second kappa shape index (κ2) is 11.5. The number of benzene rings is 1. The highest BCUT2D eigenvalue weighted by Crippen LogP contribution is 2.26. The highest BCUT2D eigenvalue weighted by atomic mass is 32.2. The summed E-state index contributed by atoms with van der Waals surface area (Å²) >= 11 is 1.46. The van der Waals surface area contributed by atoms with Gasteiger partial charge in [0.05, 0.1) is 11.3 Å². The van der Waals surface area contributed by atoms with Crippen molar-refractivity contribution in [2.75, 3.05) is 30.8 Å². The first kappa shape index (κ1) is 23.5. The first-order valence-corrected chi connectivity index (χ1v) is 12.9. The Morgan fingerprint density at radius 2 is 1.73 bits per heavy atom. The van der Waals surface area contributed by atoms with Gasteiger partial charge in [-0.05, 0) is 43.9 Å². The van der Waals surface area contributed by atoms with Crippen LogP contribution >= 0.6 is 11.8 Å². The number of hydrogen-bond acceptors (Lipinski definition) is 6. The summed E-state index contributed by atoms with van der Waals surface area (Å²) in [6.45, 7) is 1.63. The zero-order valence-electron chi connectivity index (χ0n) is 19.3. The van der Waals surface area contributed by atoms with Gasteiger partial charge >= 0.3 is 0 Å². The fourth-order valence-electron chi connectivity index (χ4n) is 4.63. The number of nitrogens with one attached hydrogen (secondary N) is 1. The number of nitrogens with zero attached hydrogens (tertiary/aromatic N) is 4. The molecule has 1 N–H and O–H groups in total. The fourth-order valence-corrected chi connectivity index (χ4v) is 5.61. The van der Waals surface area contributed by atoms with Crippen molar-refractivity contribution in [1.82, 2.24) is 20.2 Å². The maximum atomic E-state index is 13.1. The maximum Gasteiger partial charge on any atom is 0.252 e. The van der Waals surface area contributed by atoms with Crippen LogP contribution in [0.25, 0.3) is 0 Å². The van der Waals surface area contributed by atoms with Crippen molar-refractivity contribution < 1.29 is 9.59 Å². The van der Waals surface area contributed by atoms with E-state index in [4.69, 9.17) is 0 Å². The summed E-state index contributed by atoms with van der Waals surface area (Å²) in [5, 5.41) is 3.19. The van der Waals surface area contributed by atoms with Gasteiger partial charge in [-0.25, -0.2) is 9.97 Å². The normalized spacial score (nSPS) is 17.5. The van der Waals surface area contributed by atoms with Crippen LogP contribution in [0, 0.1) is 0 Å². The number of rotatable bonds is 7. The average molecular weight is 468 g/mol. The molecule has 2 aliphatic rings. The van der Waals surface area contributed by atoms with Crippen molar-refractivity contribution in [3.05, 3.63) is 48.3 Å². The van der Waals surface area contributed by atoms with Crippen molar-refractivity contribution in [2.24, 2.45) is 0 Å². The number of carbonyl (C=O) groups is 2. The zero-order chi connectivity index (χ0) is 23.0. The van der Waals surface area contributed by atoms with E-state index in [0.29, 0.717) is 17.4 Å². The van der Waals surface area contributed by atoms with Crippen LogP contribution in [0.15, 0.2) is 47.6 Å². The van der Waals surface area contributed by atoms with Gasteiger partial charge in [-0.3, -0.25) is 9.59 Å². The lowest BCUT2D eigenvalue weighted by Crippen LogP contribution is -2.45. The number of anilines is 1. The van der Waals surface area contributed by atoms with Gasteiger partial charge < -0.3 is 15.1 Å². The van der Waals surface area contributed by atoms with Crippen molar-refractivity contribution >= 4 is 29.5 Å². The van der Waals surface area contributed by atoms with Gasteiger partial charge in [-0.15, -0.1) is 11.8 Å². The van der Waals surface area contributed by atoms with Gasteiger partial charge in [0.15, 0.2) is 0 Å². The standard InChI is InChI=1S/C25H33N5O2S/c1-29(20-8-3-2-4-9-20)23(31)18-33-22-11-6-5-10-21(22)24(32)28-19-12-16-30(17-13-19)25-26-14-7-15-27-25/h5-7,10-11,14-15,19-20H,2-4,8-9,12-13,16-18H2,1H3,(H,28,32). The van der Waals surface area contributed by atoms with E-state index in [-0.39, 0.29) is 17.9 Å². The molecule has 0 radical (unpaired) electrons. The molecule has 2 heterocycles. The molecule has 0 bridgehead atoms. The number of aromatic nitrogens is 2. The highest BCUT2D eigenvalue weighted by molar-refractivity contribution is 8.00. The monoisotopic (exact) mass is 467 g/mol. The third-order valence-corrected chi connectivity index (χ3v) is 7.72. The topological polar surface area (TPSA) is 78.4 Å². The Morgan fingerprint density at radius 1 is 1.03 bits per heavy atom. The van der Waals surface area contributed by atoms with Gasteiger partial charge in [-0.1, -0.05) is 31.4 Å². The SMILES string of the molecule is CN(C(=O)CSc1ccccc1C(=O)NC1CCN(c2ncccn2)CC1)C1CCCCC1. The van der Waals surface area contributed by atoms with Crippen molar-refractivity contribution in [3.8, 4) is 0 Å². The quantitative estimate of drug-likeness (QED) is 0.625. The predicted molar refractivity (Wildman–Crippen MR) is 132 cm³/mol. The molecular weight excluding hydrogens is 434 g/mol. The lowest BCUT2D eigenvalue weighted by atomic mass is 9.94. The molecule has 7 nitrogen and oxygen atoms in total. The van der Waals surface area contributed by atoms with E-state index in [1.165, 1.54) is 31.0 Å². The Morgan fingerprint density at radius 3 is 2.45 bits per heavy atom. The molecule has 1 aromatic heterocycles. The first-order valence-electron chi connectivity index (χ1n) is 11.9. The molecular formula is C25H33N5O2S. The Bertz CT molecular complexity index is 927. The number of carbonyl (C=O) groups excluding carboxylic acids is 2. The van der Waals surface area contributed by atoms with E-state index >= 15 is 0 Å². The van der Waals surface area contributed by atoms with Crippen LogP contribution in [0.5, 0.6) is 0 Å². The summed E-state index contributed by atoms with van der Waals surface area (Å²) < 4.78 is 0. The smallest absolute Gasteiger partial charge is 0.252 e. The Balaban J connectivity index is 1.29. The second-order valence-corrected chi connectivity index (χ2v) is 9.88. The van der Waals surface area contributed by atoms with Crippen LogP contribution in [0.4, 0.5) is 5.95 Å². The largest absolute Gasteiger partial charge is 0.349 e. The molecule has 1 saturated carbocycles. The number of thioether (sulfide) groups is 1. The van der Waals surface area contributed by atoms with Crippen LogP contribution < -0.4 is 10.2 Å². The molecule has 0 atom stereocenters. The Hall–Kier alpha value is -2.61. The van der Waals surface area contributed by atoms with E-state index < -0.39 is 0 Å². The van der Waals surface area contributed by atoms with Gasteiger partial charge in [0.2, 0.25) is 11.9 Å². The molecule has 0 spiro atoms. The molecule has 2 aromatic rings. The summed E-state index contributed by atoms with van der Waals surface area (Å²) in [7, 11) is 1.92. The molecule has 8 heteroatoms. The van der Waals surface area contributed by atoms with Gasteiger partial charge in [0.25, 0.3) is 5.91 Å². The number of amides is 2. The summed E-state index contributed by atoms with van der Waals surface area (Å²) in [4.78, 5) is 39.4. The maximum absolute atomic E-state index is 13.1. The Kier molecular flexibility index (Phi) is 8.20. The molecule has 2 fully saturated rings. The van der Waals surface area contributed by atoms with E-state index in [2.05, 4.69) is 20.2 Å². The lowest BCUT2D eigenvalue weighted by molar-refractivity contribution is -0.129. The van der Waals surface area contributed by atoms with Crippen LogP contribution in [-0.2, 0) is 4.79 Å². The van der Waals surface area contributed by atoms with Crippen LogP contribution in [-0.4, -0.2) is 64.7 Å². The minimum Gasteiger partial charge on any atom is -0.349 e. The summed E-state index contributed by atoms with van der Waals surface area (Å²) in [5.74, 6) is 1.16. The minimum atomic E-state index is -0.0689. The third-order valence-electron chi connectivity index (χ3n) is 6.66. The molecule has 176 valence electrons. The average Bonchev–Trinajstić information content (AvgIpc) is 2.88. The summed E-state index contributed by atoms with van der Waals surface area (Å²) in [5.41, 5.74) is 0.643. The molecule has 1 aromatic carbocycles. The molecule has 0 unspecified atom stereocenters. The molecule has 33 heavy (non-hydrogen) atoms. The summed E-state index contributed by atoms with van der Waals surface area (Å²) in [6.07, 6.45) is 11.1. The van der Waals surface area contributed by atoms with E-state index in [9.17, 15) is 9.59 Å². The number of piperidine rings is 1. The van der Waals surface area contributed by atoms with Crippen LogP contribution in [0.1, 0.15) is 55.3 Å². The van der Waals surface area contributed by atoms with Crippen molar-refractivity contribution in [3.63, 3.8) is 0 Å². The molecule has 1 aliphatic heterocycles. The van der Waals surface area contributed by atoms with Crippen LogP contribution in [0.2, 0.25) is 0 Å². The molecule has 4 rings (SSSR count). The van der Waals surface area contributed by atoms with Gasteiger partial charge in [0.1, 0.15) is 0 Å². The molecule has 1 aliphatic carbocycles. The number of hydrogen-bond donors (Lipinski definition) is 1. The zero-order valence-corrected chi connectivity index (χ0v) is 20.1. The first-order chi connectivity index (χ1) is 16.1. The Labute approximate surface area is 200 Å². The van der Waals surface area contributed by atoms with E-state index in [1.807, 2.05) is 42.3 Å². The van der Waals surface area contributed by atoms with Crippen molar-refractivity contribution in [1.29, 1.82) is 0 Å². The lowest BCUT2D eigenvalue weighted by Gasteiger charge is -2.32.